The summed E-state index contributed by atoms with van der Waals surface area (Å²) in [6, 6.07) is 21.9. The zero-order valence-electron chi connectivity index (χ0n) is 17.1. The van der Waals surface area contributed by atoms with E-state index in [9.17, 15) is 9.18 Å². The number of hydrogen-bond acceptors (Lipinski definition) is 2. The van der Waals surface area contributed by atoms with Gasteiger partial charge in [-0.15, -0.1) is 0 Å². The van der Waals surface area contributed by atoms with Gasteiger partial charge in [-0.05, 0) is 35.7 Å². The summed E-state index contributed by atoms with van der Waals surface area (Å²) in [4.78, 5) is 13.1. The first-order valence-corrected chi connectivity index (χ1v) is 10.1. The van der Waals surface area contributed by atoms with Crippen molar-refractivity contribution < 1.29 is 9.13 Å². The third kappa shape index (κ3) is 4.13. The number of rotatable bonds is 6. The lowest BCUT2D eigenvalue weighted by Gasteiger charge is -2.16. The number of halogens is 1. The average molecular weight is 401 g/mol. The SMILES string of the molecule is CC(C)Cn1cc(-c2ccccc2F)c2cc(OCc3ccccc3)ccc2c1=O. The van der Waals surface area contributed by atoms with Crippen molar-refractivity contribution in [3.63, 3.8) is 0 Å². The first-order valence-electron chi connectivity index (χ1n) is 10.1. The maximum Gasteiger partial charge on any atom is 0.258 e. The van der Waals surface area contributed by atoms with Gasteiger partial charge in [-0.2, -0.15) is 0 Å². The molecular weight excluding hydrogens is 377 g/mol. The third-order valence-corrected chi connectivity index (χ3v) is 5.03. The molecule has 4 heteroatoms. The first-order chi connectivity index (χ1) is 14.5. The summed E-state index contributed by atoms with van der Waals surface area (Å²) in [7, 11) is 0. The molecule has 0 aliphatic heterocycles. The molecule has 0 N–H and O–H groups in total. The van der Waals surface area contributed by atoms with E-state index in [1.807, 2.05) is 36.4 Å². The van der Waals surface area contributed by atoms with E-state index < -0.39 is 0 Å². The Bertz CT molecular complexity index is 1230. The molecule has 0 aliphatic carbocycles. The fourth-order valence-corrected chi connectivity index (χ4v) is 3.63. The number of nitrogens with zero attached hydrogens (tertiary/aromatic N) is 1. The van der Waals surface area contributed by atoms with Gasteiger partial charge < -0.3 is 9.30 Å². The Kier molecular flexibility index (Phi) is 5.66. The molecule has 30 heavy (non-hydrogen) atoms. The Balaban J connectivity index is 1.84. The van der Waals surface area contributed by atoms with Gasteiger partial charge in [0.2, 0.25) is 0 Å². The predicted molar refractivity (Wildman–Crippen MR) is 119 cm³/mol. The molecule has 0 amide bonds. The average Bonchev–Trinajstić information content (AvgIpc) is 2.75. The lowest BCUT2D eigenvalue weighted by atomic mass is 9.99. The zero-order valence-corrected chi connectivity index (χ0v) is 17.1. The smallest absolute Gasteiger partial charge is 0.258 e. The van der Waals surface area contributed by atoms with Crippen LogP contribution in [0.15, 0.2) is 83.8 Å². The van der Waals surface area contributed by atoms with Gasteiger partial charge in [-0.1, -0.05) is 62.4 Å². The van der Waals surface area contributed by atoms with Crippen molar-refractivity contribution in [2.75, 3.05) is 0 Å². The van der Waals surface area contributed by atoms with Crippen LogP contribution >= 0.6 is 0 Å². The molecule has 0 spiro atoms. The maximum atomic E-state index is 14.6. The molecule has 0 aliphatic rings. The minimum absolute atomic E-state index is 0.0756. The minimum Gasteiger partial charge on any atom is -0.489 e. The highest BCUT2D eigenvalue weighted by Gasteiger charge is 2.15. The van der Waals surface area contributed by atoms with Crippen molar-refractivity contribution in [3.8, 4) is 16.9 Å². The first kappa shape index (κ1) is 19.9. The molecule has 0 saturated heterocycles. The fourth-order valence-electron chi connectivity index (χ4n) is 3.63. The maximum absolute atomic E-state index is 14.6. The van der Waals surface area contributed by atoms with Crippen LogP contribution in [0.3, 0.4) is 0 Å². The van der Waals surface area contributed by atoms with Crippen LogP contribution in [0, 0.1) is 11.7 Å². The van der Waals surface area contributed by atoms with Gasteiger partial charge in [0, 0.05) is 34.6 Å². The summed E-state index contributed by atoms with van der Waals surface area (Å²) in [6.45, 7) is 5.11. The van der Waals surface area contributed by atoms with Crippen LogP contribution in [0.5, 0.6) is 5.75 Å². The molecule has 0 unspecified atom stereocenters. The van der Waals surface area contributed by atoms with Gasteiger partial charge in [0.1, 0.15) is 18.2 Å². The molecule has 0 radical (unpaired) electrons. The molecule has 4 rings (SSSR count). The summed E-state index contributed by atoms with van der Waals surface area (Å²) >= 11 is 0. The highest BCUT2D eigenvalue weighted by atomic mass is 19.1. The Morgan fingerprint density at radius 2 is 1.63 bits per heavy atom. The molecule has 0 bridgehead atoms. The number of ether oxygens (including phenoxy) is 1. The second kappa shape index (κ2) is 8.54. The molecule has 0 atom stereocenters. The summed E-state index contributed by atoms with van der Waals surface area (Å²) in [5.41, 5.74) is 2.14. The van der Waals surface area contributed by atoms with Gasteiger partial charge in [0.15, 0.2) is 0 Å². The topological polar surface area (TPSA) is 31.2 Å². The number of pyridine rings is 1. The lowest BCUT2D eigenvalue weighted by Crippen LogP contribution is -2.22. The van der Waals surface area contributed by atoms with E-state index in [0.29, 0.717) is 46.7 Å². The Morgan fingerprint density at radius 1 is 0.900 bits per heavy atom. The van der Waals surface area contributed by atoms with E-state index in [-0.39, 0.29) is 11.4 Å². The molecule has 4 aromatic rings. The van der Waals surface area contributed by atoms with Crippen molar-refractivity contribution in [3.05, 3.63) is 101 Å². The van der Waals surface area contributed by atoms with Crippen molar-refractivity contribution >= 4 is 10.8 Å². The summed E-state index contributed by atoms with van der Waals surface area (Å²) in [6.07, 6.45) is 1.77. The van der Waals surface area contributed by atoms with E-state index in [0.717, 1.165) is 5.56 Å². The lowest BCUT2D eigenvalue weighted by molar-refractivity contribution is 0.306. The number of benzene rings is 3. The van der Waals surface area contributed by atoms with E-state index >= 15 is 0 Å². The van der Waals surface area contributed by atoms with Crippen molar-refractivity contribution in [2.45, 2.75) is 27.0 Å². The van der Waals surface area contributed by atoms with Crippen molar-refractivity contribution in [1.82, 2.24) is 4.57 Å². The second-order valence-corrected chi connectivity index (χ2v) is 7.86. The van der Waals surface area contributed by atoms with Gasteiger partial charge in [0.05, 0.1) is 0 Å². The zero-order chi connectivity index (χ0) is 21.1. The van der Waals surface area contributed by atoms with Crippen molar-refractivity contribution in [2.24, 2.45) is 5.92 Å². The normalized spacial score (nSPS) is 11.2. The number of aromatic nitrogens is 1. The van der Waals surface area contributed by atoms with Gasteiger partial charge in [-0.3, -0.25) is 4.79 Å². The summed E-state index contributed by atoms with van der Waals surface area (Å²) < 4.78 is 22.3. The van der Waals surface area contributed by atoms with Crippen molar-refractivity contribution in [1.29, 1.82) is 0 Å². The molecule has 1 aromatic heterocycles. The van der Waals surface area contributed by atoms with Gasteiger partial charge in [0.25, 0.3) is 5.56 Å². The molecule has 0 fully saturated rings. The quantitative estimate of drug-likeness (QED) is 0.394. The molecule has 3 aromatic carbocycles. The third-order valence-electron chi connectivity index (χ3n) is 5.03. The molecule has 152 valence electrons. The minimum atomic E-state index is -0.316. The predicted octanol–water partition coefficient (Wildman–Crippen LogP) is 6.04. The Hall–Kier alpha value is -3.40. The monoisotopic (exact) mass is 401 g/mol. The fraction of sp³-hybridized carbons (Fsp3) is 0.192. The Morgan fingerprint density at radius 3 is 2.37 bits per heavy atom. The number of fused-ring (bicyclic) bond motifs is 1. The van der Waals surface area contributed by atoms with Crippen LogP contribution in [0.1, 0.15) is 19.4 Å². The van der Waals surface area contributed by atoms with Crippen LogP contribution in [0.25, 0.3) is 21.9 Å². The van der Waals surface area contributed by atoms with E-state index in [2.05, 4.69) is 13.8 Å². The number of hydrogen-bond donors (Lipinski definition) is 0. The van der Waals surface area contributed by atoms with E-state index in [1.165, 1.54) is 6.07 Å². The van der Waals surface area contributed by atoms with Crippen LogP contribution in [-0.4, -0.2) is 4.57 Å². The van der Waals surface area contributed by atoms with Crippen LogP contribution < -0.4 is 10.3 Å². The summed E-state index contributed by atoms with van der Waals surface area (Å²) in [5.74, 6) is 0.621. The summed E-state index contributed by atoms with van der Waals surface area (Å²) in [5, 5.41) is 1.25. The van der Waals surface area contributed by atoms with Crippen LogP contribution in [0.4, 0.5) is 4.39 Å². The Labute approximate surface area is 175 Å². The molecule has 0 saturated carbocycles. The van der Waals surface area contributed by atoms with E-state index in [1.54, 1.807) is 41.1 Å². The molecule has 1 heterocycles. The second-order valence-electron chi connectivity index (χ2n) is 7.86. The highest BCUT2D eigenvalue weighted by Crippen LogP contribution is 2.31. The van der Waals surface area contributed by atoms with Crippen LogP contribution in [-0.2, 0) is 13.2 Å². The standard InChI is InChI=1S/C26H24FNO2/c1-18(2)15-28-16-24(21-10-6-7-11-25(21)27)23-14-20(12-13-22(23)26(28)29)30-17-19-8-4-3-5-9-19/h3-14,16,18H,15,17H2,1-2H3. The molecular formula is C26H24FNO2. The van der Waals surface area contributed by atoms with Gasteiger partial charge in [-0.25, -0.2) is 4.39 Å². The highest BCUT2D eigenvalue weighted by molar-refractivity contribution is 5.96. The van der Waals surface area contributed by atoms with E-state index in [4.69, 9.17) is 4.74 Å². The van der Waals surface area contributed by atoms with Crippen LogP contribution in [0.2, 0.25) is 0 Å². The van der Waals surface area contributed by atoms with Gasteiger partial charge >= 0.3 is 0 Å². The largest absolute Gasteiger partial charge is 0.489 e. The molecule has 3 nitrogen and oxygen atoms in total.